The minimum absolute atomic E-state index is 0.252. The second kappa shape index (κ2) is 7.64. The van der Waals surface area contributed by atoms with Crippen LogP contribution >= 0.6 is 0 Å². The van der Waals surface area contributed by atoms with Crippen molar-refractivity contribution in [2.45, 2.75) is 32.4 Å². The van der Waals surface area contributed by atoms with E-state index < -0.39 is 6.10 Å². The number of aliphatic hydroxyl groups is 1. The molecule has 1 unspecified atom stereocenters. The summed E-state index contributed by atoms with van der Waals surface area (Å²) in [6.45, 7) is 2.76. The number of amides is 2. The molecule has 112 valence electrons. The molecule has 2 aromatic carbocycles. The monoisotopic (exact) mass is 286 g/mol. The van der Waals surface area contributed by atoms with Crippen molar-refractivity contribution in [2.24, 2.45) is 0 Å². The van der Waals surface area contributed by atoms with Crippen molar-refractivity contribution in [1.82, 2.24) is 10.6 Å². The van der Waals surface area contributed by atoms with Crippen molar-refractivity contribution < 1.29 is 9.90 Å². The number of urea groups is 1. The van der Waals surface area contributed by atoms with Gasteiger partial charge in [-0.1, -0.05) is 49.7 Å². The average molecular weight is 286 g/mol. The fraction of sp³-hybridized carbons (Fsp3) is 0.353. The van der Waals surface area contributed by atoms with Gasteiger partial charge in [-0.15, -0.1) is 0 Å². The van der Waals surface area contributed by atoms with E-state index in [4.69, 9.17) is 0 Å². The normalized spacial score (nSPS) is 12.1. The topological polar surface area (TPSA) is 61.4 Å². The average Bonchev–Trinajstić information content (AvgIpc) is 2.51. The predicted octanol–water partition coefficient (Wildman–Crippen LogP) is 2.80. The zero-order chi connectivity index (χ0) is 15.1. The maximum Gasteiger partial charge on any atom is 0.315 e. The Kier molecular flexibility index (Phi) is 5.58. The first kappa shape index (κ1) is 15.3. The van der Waals surface area contributed by atoms with Crippen LogP contribution in [0, 0.1) is 0 Å². The predicted molar refractivity (Wildman–Crippen MR) is 85.1 cm³/mol. The van der Waals surface area contributed by atoms with Crippen LogP contribution in [0.15, 0.2) is 42.5 Å². The molecule has 0 spiro atoms. The summed E-state index contributed by atoms with van der Waals surface area (Å²) in [6.07, 6.45) is 1.13. The van der Waals surface area contributed by atoms with E-state index in [9.17, 15) is 9.90 Å². The van der Waals surface area contributed by atoms with Crippen LogP contribution in [0.25, 0.3) is 10.8 Å². The fourth-order valence-corrected chi connectivity index (χ4v) is 2.24. The van der Waals surface area contributed by atoms with Gasteiger partial charge in [0.05, 0.1) is 6.10 Å². The van der Waals surface area contributed by atoms with Gasteiger partial charge < -0.3 is 15.7 Å². The van der Waals surface area contributed by atoms with Crippen molar-refractivity contribution in [2.75, 3.05) is 6.54 Å². The summed E-state index contributed by atoms with van der Waals surface area (Å²) in [5, 5.41) is 17.4. The van der Waals surface area contributed by atoms with Crippen LogP contribution in [0.4, 0.5) is 4.79 Å². The maximum atomic E-state index is 11.7. The lowest BCUT2D eigenvalue weighted by Gasteiger charge is -2.12. The first-order valence-electron chi connectivity index (χ1n) is 7.36. The lowest BCUT2D eigenvalue weighted by molar-refractivity contribution is 0.160. The van der Waals surface area contributed by atoms with E-state index in [2.05, 4.69) is 34.9 Å². The van der Waals surface area contributed by atoms with Gasteiger partial charge in [-0.2, -0.15) is 0 Å². The molecule has 0 aliphatic carbocycles. The molecule has 2 rings (SSSR count). The molecular weight excluding hydrogens is 264 g/mol. The molecule has 0 saturated carbocycles. The third-order valence-electron chi connectivity index (χ3n) is 3.39. The number of aliphatic hydroxyl groups excluding tert-OH is 1. The quantitative estimate of drug-likeness (QED) is 0.764. The zero-order valence-corrected chi connectivity index (χ0v) is 12.3. The Labute approximate surface area is 125 Å². The van der Waals surface area contributed by atoms with Crippen LogP contribution in [0.5, 0.6) is 0 Å². The number of rotatable bonds is 6. The molecule has 1 atom stereocenters. The molecule has 0 aliphatic heterocycles. The number of carbonyl (C=O) groups excluding carboxylic acids is 1. The van der Waals surface area contributed by atoms with E-state index in [0.717, 1.165) is 17.4 Å². The molecule has 0 saturated heterocycles. The van der Waals surface area contributed by atoms with Crippen LogP contribution < -0.4 is 10.6 Å². The van der Waals surface area contributed by atoms with Crippen molar-refractivity contribution >= 4 is 16.8 Å². The van der Waals surface area contributed by atoms with Crippen LogP contribution in [-0.2, 0) is 6.54 Å². The van der Waals surface area contributed by atoms with Gasteiger partial charge in [0.25, 0.3) is 0 Å². The minimum atomic E-state index is -0.471. The highest BCUT2D eigenvalue weighted by atomic mass is 16.3. The summed E-state index contributed by atoms with van der Waals surface area (Å²) in [5.41, 5.74) is 1.05. The highest BCUT2D eigenvalue weighted by Crippen LogP contribution is 2.15. The van der Waals surface area contributed by atoms with Gasteiger partial charge in [-0.25, -0.2) is 4.79 Å². The second-order valence-electron chi connectivity index (χ2n) is 5.19. The van der Waals surface area contributed by atoms with Crippen molar-refractivity contribution in [3.63, 3.8) is 0 Å². The van der Waals surface area contributed by atoms with Gasteiger partial charge in [0.2, 0.25) is 0 Å². The van der Waals surface area contributed by atoms with E-state index >= 15 is 0 Å². The molecule has 2 amide bonds. The molecule has 21 heavy (non-hydrogen) atoms. The number of benzene rings is 2. The molecule has 0 aromatic heterocycles. The van der Waals surface area contributed by atoms with E-state index in [-0.39, 0.29) is 12.6 Å². The fourth-order valence-electron chi connectivity index (χ4n) is 2.24. The maximum absolute atomic E-state index is 11.7. The van der Waals surface area contributed by atoms with Gasteiger partial charge in [-0.3, -0.25) is 0 Å². The molecule has 0 radical (unpaired) electrons. The van der Waals surface area contributed by atoms with E-state index in [1.54, 1.807) is 0 Å². The van der Waals surface area contributed by atoms with Crippen LogP contribution in [0.3, 0.4) is 0 Å². The Bertz CT molecular complexity index is 598. The van der Waals surface area contributed by atoms with Gasteiger partial charge in [0.15, 0.2) is 0 Å². The van der Waals surface area contributed by atoms with Crippen LogP contribution in [0.2, 0.25) is 0 Å². The SMILES string of the molecule is CCCC(O)CNC(=O)NCc1ccc2ccccc2c1. The van der Waals surface area contributed by atoms with Gasteiger partial charge in [-0.05, 0) is 28.8 Å². The number of nitrogens with one attached hydrogen (secondary N) is 2. The first-order chi connectivity index (χ1) is 10.2. The third kappa shape index (κ3) is 4.76. The summed E-state index contributed by atoms with van der Waals surface area (Å²) in [7, 11) is 0. The Balaban J connectivity index is 1.82. The van der Waals surface area contributed by atoms with E-state index in [1.165, 1.54) is 5.39 Å². The molecule has 4 heteroatoms. The summed E-state index contributed by atoms with van der Waals surface area (Å²) in [5.74, 6) is 0. The Morgan fingerprint density at radius 3 is 2.67 bits per heavy atom. The van der Waals surface area contributed by atoms with Gasteiger partial charge in [0, 0.05) is 13.1 Å². The Morgan fingerprint density at radius 2 is 1.90 bits per heavy atom. The summed E-state index contributed by atoms with van der Waals surface area (Å²) >= 11 is 0. The highest BCUT2D eigenvalue weighted by Gasteiger charge is 2.05. The summed E-state index contributed by atoms with van der Waals surface area (Å²) in [6, 6.07) is 14.0. The molecular formula is C17H22N2O2. The van der Waals surface area contributed by atoms with E-state index in [0.29, 0.717) is 13.0 Å². The molecule has 3 N–H and O–H groups in total. The third-order valence-corrected chi connectivity index (χ3v) is 3.39. The van der Waals surface area contributed by atoms with Crippen molar-refractivity contribution in [1.29, 1.82) is 0 Å². The lowest BCUT2D eigenvalue weighted by Crippen LogP contribution is -2.39. The molecule has 0 heterocycles. The number of hydrogen-bond acceptors (Lipinski definition) is 2. The first-order valence-corrected chi connectivity index (χ1v) is 7.36. The number of carbonyl (C=O) groups is 1. The van der Waals surface area contributed by atoms with Gasteiger partial charge in [0.1, 0.15) is 0 Å². The van der Waals surface area contributed by atoms with Crippen LogP contribution in [0.1, 0.15) is 25.3 Å². The van der Waals surface area contributed by atoms with Crippen LogP contribution in [-0.4, -0.2) is 23.8 Å². The van der Waals surface area contributed by atoms with Crippen molar-refractivity contribution in [3.05, 3.63) is 48.0 Å². The Morgan fingerprint density at radius 1 is 1.14 bits per heavy atom. The Hall–Kier alpha value is -2.07. The summed E-state index contributed by atoms with van der Waals surface area (Å²) in [4.78, 5) is 11.7. The number of hydrogen-bond donors (Lipinski definition) is 3. The standard InChI is InChI=1S/C17H22N2O2/c1-2-5-16(20)12-19-17(21)18-11-13-8-9-14-6-3-4-7-15(14)10-13/h3-4,6-10,16,20H,2,5,11-12H2,1H3,(H2,18,19,21). The number of fused-ring (bicyclic) bond motifs is 1. The summed E-state index contributed by atoms with van der Waals surface area (Å²) < 4.78 is 0. The molecule has 0 aliphatic rings. The lowest BCUT2D eigenvalue weighted by atomic mass is 10.1. The molecule has 4 nitrogen and oxygen atoms in total. The smallest absolute Gasteiger partial charge is 0.315 e. The second-order valence-corrected chi connectivity index (χ2v) is 5.19. The molecule has 0 fully saturated rings. The highest BCUT2D eigenvalue weighted by molar-refractivity contribution is 5.83. The van der Waals surface area contributed by atoms with E-state index in [1.807, 2.05) is 25.1 Å². The molecule has 2 aromatic rings. The molecule has 0 bridgehead atoms. The van der Waals surface area contributed by atoms with Gasteiger partial charge >= 0.3 is 6.03 Å². The largest absolute Gasteiger partial charge is 0.391 e. The zero-order valence-electron chi connectivity index (χ0n) is 12.3. The van der Waals surface area contributed by atoms with Crippen molar-refractivity contribution in [3.8, 4) is 0 Å². The minimum Gasteiger partial charge on any atom is -0.391 e.